The molecule has 0 aliphatic carbocycles. The van der Waals surface area contributed by atoms with E-state index in [1.807, 2.05) is 0 Å². The summed E-state index contributed by atoms with van der Waals surface area (Å²) in [6.07, 6.45) is 1.53. The average Bonchev–Trinajstić information content (AvgIpc) is 2.44. The van der Waals surface area contributed by atoms with E-state index >= 15 is 0 Å². The van der Waals surface area contributed by atoms with Gasteiger partial charge in [-0.2, -0.15) is 0 Å². The van der Waals surface area contributed by atoms with E-state index in [4.69, 9.17) is 10.5 Å². The van der Waals surface area contributed by atoms with Crippen LogP contribution in [0, 0.1) is 10.1 Å². The summed E-state index contributed by atoms with van der Waals surface area (Å²) in [6, 6.07) is 8.40. The predicted octanol–water partition coefficient (Wildman–Crippen LogP) is 2.05. The van der Waals surface area contributed by atoms with Crippen molar-refractivity contribution in [2.75, 3.05) is 24.3 Å². The Morgan fingerprint density at radius 1 is 1.33 bits per heavy atom. The van der Waals surface area contributed by atoms with Crippen molar-refractivity contribution in [3.05, 3.63) is 46.6 Å². The Kier molecular flexibility index (Phi) is 3.41. The van der Waals surface area contributed by atoms with E-state index < -0.39 is 4.92 Å². The summed E-state index contributed by atoms with van der Waals surface area (Å²) in [4.78, 5) is 15.0. The van der Waals surface area contributed by atoms with Gasteiger partial charge in [-0.1, -0.05) is 12.1 Å². The highest BCUT2D eigenvalue weighted by atomic mass is 16.6. The largest absolute Gasteiger partial charge is 0.397 e. The molecular formula is C14H14N4O3. The fourth-order valence-electron chi connectivity index (χ4n) is 2.17. The molecule has 1 aliphatic rings. The molecule has 0 amide bonds. The van der Waals surface area contributed by atoms with Crippen LogP contribution in [-0.4, -0.2) is 29.2 Å². The molecule has 0 saturated carbocycles. The van der Waals surface area contributed by atoms with Gasteiger partial charge in [0.15, 0.2) is 0 Å². The van der Waals surface area contributed by atoms with Crippen molar-refractivity contribution in [2.24, 2.45) is 0 Å². The molecule has 0 unspecified atom stereocenters. The minimum Gasteiger partial charge on any atom is -0.397 e. The number of nitrogens with one attached hydrogen (secondary N) is 1. The number of nitrogen functional groups attached to an aromatic ring is 1. The molecule has 1 aromatic heterocycles. The Morgan fingerprint density at radius 3 is 2.76 bits per heavy atom. The second-order valence-corrected chi connectivity index (χ2v) is 4.82. The number of ether oxygens (including phenoxy) is 1. The Morgan fingerprint density at radius 2 is 2.10 bits per heavy atom. The van der Waals surface area contributed by atoms with Crippen molar-refractivity contribution >= 4 is 17.2 Å². The summed E-state index contributed by atoms with van der Waals surface area (Å²) in [5.41, 5.74) is 7.38. The molecule has 0 spiro atoms. The first kappa shape index (κ1) is 13.3. The second-order valence-electron chi connectivity index (χ2n) is 4.82. The monoisotopic (exact) mass is 286 g/mol. The zero-order valence-electron chi connectivity index (χ0n) is 11.2. The number of hydrogen-bond donors (Lipinski definition) is 2. The summed E-state index contributed by atoms with van der Waals surface area (Å²) < 4.78 is 5.12. The topological polar surface area (TPSA) is 103 Å². The zero-order chi connectivity index (χ0) is 14.8. The van der Waals surface area contributed by atoms with Crippen molar-refractivity contribution < 1.29 is 9.66 Å². The highest BCUT2D eigenvalue weighted by molar-refractivity contribution is 5.83. The zero-order valence-corrected chi connectivity index (χ0v) is 11.2. The Balaban J connectivity index is 2.08. The molecule has 21 heavy (non-hydrogen) atoms. The average molecular weight is 286 g/mol. The SMILES string of the molecule is Nc1cnc(NC2COC2)c(-c2ccccc2[N+](=O)[O-])c1. The van der Waals surface area contributed by atoms with Gasteiger partial charge in [0.2, 0.25) is 0 Å². The lowest BCUT2D eigenvalue weighted by Gasteiger charge is -2.28. The van der Waals surface area contributed by atoms with Gasteiger partial charge in [-0.15, -0.1) is 0 Å². The van der Waals surface area contributed by atoms with Crippen LogP contribution < -0.4 is 11.1 Å². The normalized spacial score (nSPS) is 14.5. The van der Waals surface area contributed by atoms with E-state index in [-0.39, 0.29) is 11.7 Å². The van der Waals surface area contributed by atoms with Gasteiger partial charge in [-0.3, -0.25) is 10.1 Å². The van der Waals surface area contributed by atoms with E-state index in [0.717, 1.165) is 0 Å². The minimum absolute atomic E-state index is 0.0257. The number of nitro benzene ring substituents is 1. The third-order valence-corrected chi connectivity index (χ3v) is 3.28. The minimum atomic E-state index is -0.408. The van der Waals surface area contributed by atoms with Gasteiger partial charge in [-0.25, -0.2) is 4.98 Å². The number of aromatic nitrogens is 1. The van der Waals surface area contributed by atoms with Crippen LogP contribution in [0.4, 0.5) is 17.2 Å². The van der Waals surface area contributed by atoms with Crippen LogP contribution in [0.25, 0.3) is 11.1 Å². The molecule has 1 aromatic carbocycles. The van der Waals surface area contributed by atoms with E-state index in [1.54, 1.807) is 24.3 Å². The maximum Gasteiger partial charge on any atom is 0.277 e. The van der Waals surface area contributed by atoms with E-state index in [0.29, 0.717) is 35.8 Å². The first-order valence-corrected chi connectivity index (χ1v) is 6.49. The maximum atomic E-state index is 11.2. The molecule has 7 nitrogen and oxygen atoms in total. The maximum absolute atomic E-state index is 11.2. The third-order valence-electron chi connectivity index (χ3n) is 3.28. The fraction of sp³-hybridized carbons (Fsp3) is 0.214. The number of para-hydroxylation sites is 1. The predicted molar refractivity (Wildman–Crippen MR) is 79.0 cm³/mol. The molecule has 2 aromatic rings. The summed E-state index contributed by atoms with van der Waals surface area (Å²) in [6.45, 7) is 1.20. The molecule has 0 bridgehead atoms. The number of anilines is 2. The van der Waals surface area contributed by atoms with Gasteiger partial charge in [0.25, 0.3) is 5.69 Å². The lowest BCUT2D eigenvalue weighted by Crippen LogP contribution is -2.40. The van der Waals surface area contributed by atoms with E-state index in [9.17, 15) is 10.1 Å². The number of rotatable bonds is 4. The molecule has 3 N–H and O–H groups in total. The van der Waals surface area contributed by atoms with Gasteiger partial charge < -0.3 is 15.8 Å². The van der Waals surface area contributed by atoms with E-state index in [2.05, 4.69) is 10.3 Å². The lowest BCUT2D eigenvalue weighted by atomic mass is 10.0. The van der Waals surface area contributed by atoms with Gasteiger partial charge >= 0.3 is 0 Å². The first-order valence-electron chi connectivity index (χ1n) is 6.49. The van der Waals surface area contributed by atoms with Crippen molar-refractivity contribution in [3.63, 3.8) is 0 Å². The molecule has 1 aliphatic heterocycles. The third kappa shape index (κ3) is 2.63. The molecule has 1 fully saturated rings. The Hall–Kier alpha value is -2.67. The quantitative estimate of drug-likeness (QED) is 0.658. The highest BCUT2D eigenvalue weighted by Crippen LogP contribution is 2.35. The molecule has 2 heterocycles. The van der Waals surface area contributed by atoms with Crippen LogP contribution in [-0.2, 0) is 4.74 Å². The highest BCUT2D eigenvalue weighted by Gasteiger charge is 2.23. The van der Waals surface area contributed by atoms with Crippen LogP contribution >= 0.6 is 0 Å². The second kappa shape index (κ2) is 5.37. The van der Waals surface area contributed by atoms with Crippen molar-refractivity contribution in [2.45, 2.75) is 6.04 Å². The summed E-state index contributed by atoms with van der Waals surface area (Å²) in [5.74, 6) is 0.576. The molecule has 0 radical (unpaired) electrons. The van der Waals surface area contributed by atoms with Gasteiger partial charge in [-0.05, 0) is 12.1 Å². The summed E-state index contributed by atoms with van der Waals surface area (Å²) in [7, 11) is 0. The van der Waals surface area contributed by atoms with Crippen molar-refractivity contribution in [3.8, 4) is 11.1 Å². The lowest BCUT2D eigenvalue weighted by molar-refractivity contribution is -0.384. The standard InChI is InChI=1S/C14H14N4O3/c15-9-5-12(11-3-1-2-4-13(11)18(19)20)14(16-6-9)17-10-7-21-8-10/h1-6,10H,7-8,15H2,(H,16,17). The smallest absolute Gasteiger partial charge is 0.277 e. The fourth-order valence-corrected chi connectivity index (χ4v) is 2.17. The molecule has 3 rings (SSSR count). The van der Waals surface area contributed by atoms with Crippen molar-refractivity contribution in [1.82, 2.24) is 4.98 Å². The number of hydrogen-bond acceptors (Lipinski definition) is 6. The van der Waals surface area contributed by atoms with E-state index in [1.165, 1.54) is 12.3 Å². The molecule has 1 saturated heterocycles. The molecule has 108 valence electrons. The number of benzene rings is 1. The number of nitrogens with zero attached hydrogens (tertiary/aromatic N) is 2. The number of nitro groups is 1. The summed E-state index contributed by atoms with van der Waals surface area (Å²) in [5, 5.41) is 14.4. The van der Waals surface area contributed by atoms with Crippen molar-refractivity contribution in [1.29, 1.82) is 0 Å². The first-order chi connectivity index (χ1) is 10.1. The number of nitrogens with two attached hydrogens (primary N) is 1. The van der Waals surface area contributed by atoms with Gasteiger partial charge in [0, 0.05) is 11.6 Å². The summed E-state index contributed by atoms with van der Waals surface area (Å²) >= 11 is 0. The number of pyridine rings is 1. The molecule has 0 atom stereocenters. The van der Waals surface area contributed by atoms with Gasteiger partial charge in [0.1, 0.15) is 5.82 Å². The Bertz CT molecular complexity index is 686. The van der Waals surface area contributed by atoms with Gasteiger partial charge in [0.05, 0.1) is 41.6 Å². The molecular weight excluding hydrogens is 272 g/mol. The molecule has 7 heteroatoms. The van der Waals surface area contributed by atoms with Crippen LogP contribution in [0.5, 0.6) is 0 Å². The van der Waals surface area contributed by atoms with Crippen LogP contribution in [0.3, 0.4) is 0 Å². The van der Waals surface area contributed by atoms with Crippen LogP contribution in [0.2, 0.25) is 0 Å². The van der Waals surface area contributed by atoms with Crippen LogP contribution in [0.1, 0.15) is 0 Å². The Labute approximate surface area is 120 Å². The van der Waals surface area contributed by atoms with Crippen LogP contribution in [0.15, 0.2) is 36.5 Å².